The van der Waals surface area contributed by atoms with E-state index in [0.717, 1.165) is 5.56 Å². The fraction of sp³-hybridized carbons (Fsp3) is 0.286. The second kappa shape index (κ2) is 8.56. The summed E-state index contributed by atoms with van der Waals surface area (Å²) in [6, 6.07) is 14.4. The Kier molecular flexibility index (Phi) is 5.93. The summed E-state index contributed by atoms with van der Waals surface area (Å²) in [6.07, 6.45) is 0.0379. The third-order valence-corrected chi connectivity index (χ3v) is 4.49. The molecule has 2 amide bonds. The molecular formula is C21H22N2O5. The predicted molar refractivity (Wildman–Crippen MR) is 104 cm³/mol. The first-order valence-electron chi connectivity index (χ1n) is 8.94. The van der Waals surface area contributed by atoms with Gasteiger partial charge in [-0.1, -0.05) is 24.3 Å². The van der Waals surface area contributed by atoms with Crippen molar-refractivity contribution < 1.29 is 23.9 Å². The summed E-state index contributed by atoms with van der Waals surface area (Å²) in [5, 5.41) is 2.64. The van der Waals surface area contributed by atoms with E-state index < -0.39 is 24.4 Å². The highest BCUT2D eigenvalue weighted by molar-refractivity contribution is 6.01. The maximum Gasteiger partial charge on any atom is 0.311 e. The Morgan fingerprint density at radius 3 is 2.64 bits per heavy atom. The number of aryl methyl sites for hydroxylation is 1. The van der Waals surface area contributed by atoms with Crippen LogP contribution in [-0.2, 0) is 19.1 Å². The molecule has 0 saturated carbocycles. The number of carbonyl (C=O) groups is 3. The monoisotopic (exact) mass is 382 g/mol. The first-order chi connectivity index (χ1) is 13.5. The van der Waals surface area contributed by atoms with Crippen molar-refractivity contribution in [3.05, 3.63) is 54.1 Å². The van der Waals surface area contributed by atoms with Crippen molar-refractivity contribution in [1.29, 1.82) is 0 Å². The average molecular weight is 382 g/mol. The molecule has 1 aliphatic rings. The molecule has 3 rings (SSSR count). The van der Waals surface area contributed by atoms with Gasteiger partial charge in [-0.2, -0.15) is 0 Å². The Morgan fingerprint density at radius 2 is 1.93 bits per heavy atom. The Morgan fingerprint density at radius 1 is 1.18 bits per heavy atom. The van der Waals surface area contributed by atoms with Gasteiger partial charge in [0.1, 0.15) is 5.75 Å². The second-order valence-corrected chi connectivity index (χ2v) is 6.60. The number of anilines is 2. The highest BCUT2D eigenvalue weighted by Gasteiger charge is 2.37. The molecule has 146 valence electrons. The molecule has 1 fully saturated rings. The quantitative estimate of drug-likeness (QED) is 0.776. The SMILES string of the molecule is COc1ccc(C)cc1N1C[C@H](C(=O)OCC(=O)Nc2ccccc2)CC1=O. The van der Waals surface area contributed by atoms with Crippen LogP contribution in [0.4, 0.5) is 11.4 Å². The molecule has 28 heavy (non-hydrogen) atoms. The number of carbonyl (C=O) groups excluding carboxylic acids is 3. The second-order valence-electron chi connectivity index (χ2n) is 6.60. The van der Waals surface area contributed by atoms with Gasteiger partial charge in [0.15, 0.2) is 6.61 Å². The first-order valence-corrected chi connectivity index (χ1v) is 8.94. The Hall–Kier alpha value is -3.35. The summed E-state index contributed by atoms with van der Waals surface area (Å²) in [7, 11) is 1.53. The van der Waals surface area contributed by atoms with E-state index in [0.29, 0.717) is 17.1 Å². The molecule has 2 aromatic carbocycles. The van der Waals surface area contributed by atoms with Crippen molar-refractivity contribution in [2.24, 2.45) is 5.92 Å². The molecule has 2 aromatic rings. The molecule has 1 aliphatic heterocycles. The van der Waals surface area contributed by atoms with Crippen molar-refractivity contribution in [2.75, 3.05) is 30.5 Å². The van der Waals surface area contributed by atoms with E-state index in [-0.39, 0.29) is 18.9 Å². The highest BCUT2D eigenvalue weighted by Crippen LogP contribution is 2.34. The molecule has 0 aliphatic carbocycles. The smallest absolute Gasteiger partial charge is 0.311 e. The summed E-state index contributed by atoms with van der Waals surface area (Å²) in [5.41, 5.74) is 2.23. The van der Waals surface area contributed by atoms with E-state index in [4.69, 9.17) is 9.47 Å². The van der Waals surface area contributed by atoms with E-state index in [2.05, 4.69) is 5.32 Å². The van der Waals surface area contributed by atoms with Crippen LogP contribution in [0.2, 0.25) is 0 Å². The van der Waals surface area contributed by atoms with Gasteiger partial charge in [0.25, 0.3) is 5.91 Å². The lowest BCUT2D eigenvalue weighted by Crippen LogP contribution is -2.28. The lowest BCUT2D eigenvalue weighted by atomic mass is 10.1. The fourth-order valence-corrected chi connectivity index (χ4v) is 3.08. The molecule has 1 saturated heterocycles. The van der Waals surface area contributed by atoms with Gasteiger partial charge < -0.3 is 19.7 Å². The van der Waals surface area contributed by atoms with E-state index in [1.165, 1.54) is 12.0 Å². The molecule has 7 nitrogen and oxygen atoms in total. The minimum atomic E-state index is -0.623. The van der Waals surface area contributed by atoms with Crippen LogP contribution in [0.25, 0.3) is 0 Å². The Bertz CT molecular complexity index is 882. The maximum atomic E-state index is 12.4. The first kappa shape index (κ1) is 19.4. The molecule has 0 unspecified atom stereocenters. The van der Waals surface area contributed by atoms with Gasteiger partial charge in [-0.25, -0.2) is 0 Å². The summed E-state index contributed by atoms with van der Waals surface area (Å²) in [5.74, 6) is -1.23. The molecule has 0 radical (unpaired) electrons. The molecule has 0 aromatic heterocycles. The van der Waals surface area contributed by atoms with Crippen LogP contribution in [0.1, 0.15) is 12.0 Å². The molecule has 1 N–H and O–H groups in total. The lowest BCUT2D eigenvalue weighted by Gasteiger charge is -2.20. The zero-order valence-corrected chi connectivity index (χ0v) is 15.8. The number of nitrogens with zero attached hydrogens (tertiary/aromatic N) is 1. The molecule has 1 heterocycles. The van der Waals surface area contributed by atoms with Crippen LogP contribution < -0.4 is 15.0 Å². The van der Waals surface area contributed by atoms with Gasteiger partial charge in [0.2, 0.25) is 5.91 Å². The highest BCUT2D eigenvalue weighted by atomic mass is 16.5. The normalized spacial score (nSPS) is 16.0. The number of hydrogen-bond acceptors (Lipinski definition) is 5. The Labute approximate surface area is 163 Å². The third-order valence-electron chi connectivity index (χ3n) is 4.49. The predicted octanol–water partition coefficient (Wildman–Crippen LogP) is 2.54. The summed E-state index contributed by atoms with van der Waals surface area (Å²) in [4.78, 5) is 38.2. The van der Waals surface area contributed by atoms with Gasteiger partial charge in [0, 0.05) is 18.7 Å². The minimum absolute atomic E-state index is 0.0379. The van der Waals surface area contributed by atoms with Crippen LogP contribution in [0.5, 0.6) is 5.75 Å². The van der Waals surface area contributed by atoms with Crippen molar-refractivity contribution in [3.63, 3.8) is 0 Å². The maximum absolute atomic E-state index is 12.4. The summed E-state index contributed by atoms with van der Waals surface area (Å²) >= 11 is 0. The molecule has 1 atom stereocenters. The van der Waals surface area contributed by atoms with Gasteiger partial charge in [-0.3, -0.25) is 14.4 Å². The van der Waals surface area contributed by atoms with Crippen LogP contribution in [0.15, 0.2) is 48.5 Å². The van der Waals surface area contributed by atoms with E-state index in [1.54, 1.807) is 30.3 Å². The average Bonchev–Trinajstić information content (AvgIpc) is 3.08. The van der Waals surface area contributed by atoms with Crippen LogP contribution in [0.3, 0.4) is 0 Å². The van der Waals surface area contributed by atoms with E-state index in [9.17, 15) is 14.4 Å². The summed E-state index contributed by atoms with van der Waals surface area (Å²) < 4.78 is 10.4. The molecule has 0 spiro atoms. The number of esters is 1. The van der Waals surface area contributed by atoms with Crippen molar-refractivity contribution >= 4 is 29.2 Å². The summed E-state index contributed by atoms with van der Waals surface area (Å²) in [6.45, 7) is 1.71. The standard InChI is InChI=1S/C21H22N2O5/c1-14-8-9-18(27-2)17(10-14)23-12-15(11-20(23)25)21(26)28-13-19(24)22-16-6-4-3-5-7-16/h3-10,15H,11-13H2,1-2H3,(H,22,24)/t15-/m1/s1. The Balaban J connectivity index is 1.58. The van der Waals surface area contributed by atoms with Crippen molar-refractivity contribution in [1.82, 2.24) is 0 Å². The number of rotatable bonds is 6. The number of methoxy groups -OCH3 is 1. The molecule has 0 bridgehead atoms. The molecular weight excluding hydrogens is 360 g/mol. The van der Waals surface area contributed by atoms with Gasteiger partial charge in [-0.15, -0.1) is 0 Å². The lowest BCUT2D eigenvalue weighted by molar-refractivity contribution is -0.151. The van der Waals surface area contributed by atoms with Gasteiger partial charge in [-0.05, 0) is 36.8 Å². The van der Waals surface area contributed by atoms with Crippen LogP contribution in [0, 0.1) is 12.8 Å². The van der Waals surface area contributed by atoms with Crippen molar-refractivity contribution in [3.8, 4) is 5.75 Å². The van der Waals surface area contributed by atoms with Gasteiger partial charge >= 0.3 is 5.97 Å². The van der Waals surface area contributed by atoms with Crippen molar-refractivity contribution in [2.45, 2.75) is 13.3 Å². The van der Waals surface area contributed by atoms with Crippen LogP contribution in [-0.4, -0.2) is 38.0 Å². The topological polar surface area (TPSA) is 84.9 Å². The number of hydrogen-bond donors (Lipinski definition) is 1. The van der Waals surface area contributed by atoms with E-state index in [1.807, 2.05) is 25.1 Å². The number of nitrogens with one attached hydrogen (secondary N) is 1. The van der Waals surface area contributed by atoms with Crippen LogP contribution >= 0.6 is 0 Å². The zero-order valence-electron chi connectivity index (χ0n) is 15.8. The molecule has 7 heteroatoms. The number of amides is 2. The fourth-order valence-electron chi connectivity index (χ4n) is 3.08. The van der Waals surface area contributed by atoms with E-state index >= 15 is 0 Å². The zero-order chi connectivity index (χ0) is 20.1. The third kappa shape index (κ3) is 4.49. The minimum Gasteiger partial charge on any atom is -0.495 e. The largest absolute Gasteiger partial charge is 0.495 e. The number of ether oxygens (including phenoxy) is 2. The van der Waals surface area contributed by atoms with Gasteiger partial charge in [0.05, 0.1) is 18.7 Å². The number of benzene rings is 2. The number of para-hydroxylation sites is 1.